The molecule has 1 aromatic carbocycles. The van der Waals surface area contributed by atoms with E-state index in [0.29, 0.717) is 10.1 Å². The molecule has 0 heterocycles. The van der Waals surface area contributed by atoms with Crippen molar-refractivity contribution in [2.45, 2.75) is 35.8 Å². The molecule has 96 valence electrons. The minimum Gasteiger partial charge on any atom is -0.545 e. The van der Waals surface area contributed by atoms with E-state index >= 15 is 0 Å². The van der Waals surface area contributed by atoms with Crippen LogP contribution in [0, 0.1) is 10.1 Å². The molecule has 2 rings (SSSR count). The Labute approximate surface area is 108 Å². The third-order valence-corrected chi connectivity index (χ3v) is 4.39. The molecule has 0 unspecified atom stereocenters. The number of carboxylic acids is 1. The number of nitro groups is 1. The van der Waals surface area contributed by atoms with Crippen molar-refractivity contribution in [3.8, 4) is 0 Å². The lowest BCUT2D eigenvalue weighted by atomic mass is 10.2. The number of benzene rings is 1. The minimum absolute atomic E-state index is 0.145. The lowest BCUT2D eigenvalue weighted by molar-refractivity contribution is -0.387. The number of hydrogen-bond donors (Lipinski definition) is 0. The number of thioether (sulfide) groups is 1. The van der Waals surface area contributed by atoms with E-state index < -0.39 is 10.9 Å². The summed E-state index contributed by atoms with van der Waals surface area (Å²) in [7, 11) is 0. The van der Waals surface area contributed by atoms with Crippen LogP contribution >= 0.6 is 11.8 Å². The van der Waals surface area contributed by atoms with Crippen molar-refractivity contribution >= 4 is 23.4 Å². The first-order valence-corrected chi connectivity index (χ1v) is 6.62. The zero-order valence-electron chi connectivity index (χ0n) is 9.63. The fourth-order valence-corrected chi connectivity index (χ4v) is 3.40. The zero-order chi connectivity index (χ0) is 13.1. The van der Waals surface area contributed by atoms with Gasteiger partial charge in [0.1, 0.15) is 0 Å². The molecular formula is C12H12NO4S-. The topological polar surface area (TPSA) is 83.3 Å². The van der Waals surface area contributed by atoms with Crippen molar-refractivity contribution in [2.24, 2.45) is 0 Å². The summed E-state index contributed by atoms with van der Waals surface area (Å²) in [5, 5.41) is 22.0. The Morgan fingerprint density at radius 3 is 2.56 bits per heavy atom. The van der Waals surface area contributed by atoms with Gasteiger partial charge in [-0.1, -0.05) is 18.9 Å². The van der Waals surface area contributed by atoms with Gasteiger partial charge in [-0.25, -0.2) is 0 Å². The molecule has 6 heteroatoms. The number of rotatable bonds is 4. The molecule has 0 radical (unpaired) electrons. The fraction of sp³-hybridized carbons (Fsp3) is 0.417. The number of nitro benzene ring substituents is 1. The van der Waals surface area contributed by atoms with Gasteiger partial charge in [0.25, 0.3) is 5.69 Å². The van der Waals surface area contributed by atoms with E-state index in [4.69, 9.17) is 0 Å². The summed E-state index contributed by atoms with van der Waals surface area (Å²) in [5.74, 6) is -1.39. The van der Waals surface area contributed by atoms with E-state index in [1.54, 1.807) is 0 Å². The normalized spacial score (nSPS) is 15.8. The van der Waals surface area contributed by atoms with Gasteiger partial charge in [0.05, 0.1) is 15.8 Å². The van der Waals surface area contributed by atoms with Crippen LogP contribution in [0.15, 0.2) is 23.1 Å². The third-order valence-electron chi connectivity index (χ3n) is 2.99. The number of carboxylic acid groups (broad SMARTS) is 1. The lowest BCUT2D eigenvalue weighted by Gasteiger charge is -2.10. The summed E-state index contributed by atoms with van der Waals surface area (Å²) in [6.07, 6.45) is 4.43. The number of hydrogen-bond acceptors (Lipinski definition) is 5. The van der Waals surface area contributed by atoms with Crippen LogP contribution in [-0.4, -0.2) is 16.1 Å². The van der Waals surface area contributed by atoms with Crippen LogP contribution in [0.5, 0.6) is 0 Å². The predicted molar refractivity (Wildman–Crippen MR) is 65.5 cm³/mol. The zero-order valence-corrected chi connectivity index (χ0v) is 10.4. The van der Waals surface area contributed by atoms with E-state index in [-0.39, 0.29) is 11.3 Å². The van der Waals surface area contributed by atoms with Gasteiger partial charge in [0.15, 0.2) is 0 Å². The molecule has 0 atom stereocenters. The first-order valence-electron chi connectivity index (χ1n) is 5.74. The Hall–Kier alpha value is -1.56. The van der Waals surface area contributed by atoms with Crippen LogP contribution in [0.1, 0.15) is 36.0 Å². The van der Waals surface area contributed by atoms with Crippen LogP contribution in [0.25, 0.3) is 0 Å². The Bertz CT molecular complexity index is 483. The monoisotopic (exact) mass is 266 g/mol. The van der Waals surface area contributed by atoms with Crippen LogP contribution < -0.4 is 5.11 Å². The highest BCUT2D eigenvalue weighted by Crippen LogP contribution is 2.39. The molecular weight excluding hydrogens is 254 g/mol. The highest BCUT2D eigenvalue weighted by molar-refractivity contribution is 8.00. The van der Waals surface area contributed by atoms with Gasteiger partial charge in [-0.3, -0.25) is 10.1 Å². The SMILES string of the molecule is O=C([O-])c1ccc(SC2CCCC2)c([N+](=O)[O-])c1. The Kier molecular flexibility index (Phi) is 3.86. The predicted octanol–water partition coefficient (Wildman–Crippen LogP) is 1.99. The number of carbonyl (C=O) groups excluding carboxylic acids is 1. The van der Waals surface area contributed by atoms with E-state index in [0.717, 1.165) is 31.7 Å². The van der Waals surface area contributed by atoms with Crippen molar-refractivity contribution in [2.75, 3.05) is 0 Å². The van der Waals surface area contributed by atoms with Crippen molar-refractivity contribution in [1.29, 1.82) is 0 Å². The van der Waals surface area contributed by atoms with Crippen molar-refractivity contribution < 1.29 is 14.8 Å². The molecule has 0 aromatic heterocycles. The first-order chi connectivity index (χ1) is 8.58. The first kappa shape index (κ1) is 12.9. The smallest absolute Gasteiger partial charge is 0.283 e. The molecule has 0 N–H and O–H groups in total. The van der Waals surface area contributed by atoms with E-state index in [2.05, 4.69) is 0 Å². The summed E-state index contributed by atoms with van der Waals surface area (Å²) < 4.78 is 0. The van der Waals surface area contributed by atoms with Crippen molar-refractivity contribution in [1.82, 2.24) is 0 Å². The molecule has 18 heavy (non-hydrogen) atoms. The molecule has 1 aliphatic rings. The average Bonchev–Trinajstić information content (AvgIpc) is 2.81. The van der Waals surface area contributed by atoms with Gasteiger partial charge in [0, 0.05) is 16.9 Å². The summed E-state index contributed by atoms with van der Waals surface area (Å²) in [6.45, 7) is 0. The molecule has 1 fully saturated rings. The maximum Gasteiger partial charge on any atom is 0.283 e. The molecule has 0 bridgehead atoms. The minimum atomic E-state index is -1.39. The van der Waals surface area contributed by atoms with E-state index in [1.165, 1.54) is 23.9 Å². The average molecular weight is 266 g/mol. The quantitative estimate of drug-likeness (QED) is 0.614. The second kappa shape index (κ2) is 5.39. The van der Waals surface area contributed by atoms with Gasteiger partial charge < -0.3 is 9.90 Å². The second-order valence-electron chi connectivity index (χ2n) is 4.25. The van der Waals surface area contributed by atoms with E-state index in [1.807, 2.05) is 0 Å². The second-order valence-corrected chi connectivity index (χ2v) is 5.59. The van der Waals surface area contributed by atoms with Crippen LogP contribution in [-0.2, 0) is 0 Å². The molecule has 1 aliphatic carbocycles. The molecule has 0 saturated heterocycles. The van der Waals surface area contributed by atoms with Gasteiger partial charge in [-0.2, -0.15) is 0 Å². The van der Waals surface area contributed by atoms with E-state index in [9.17, 15) is 20.0 Å². The van der Waals surface area contributed by atoms with Gasteiger partial charge in [-0.05, 0) is 18.9 Å². The van der Waals surface area contributed by atoms with Crippen molar-refractivity contribution in [3.05, 3.63) is 33.9 Å². The molecule has 5 nitrogen and oxygen atoms in total. The van der Waals surface area contributed by atoms with Crippen LogP contribution in [0.2, 0.25) is 0 Å². The standard InChI is InChI=1S/C12H13NO4S/c14-12(15)8-5-6-11(10(7-8)13(16)17)18-9-3-1-2-4-9/h5-7,9H,1-4H2,(H,14,15)/p-1. The van der Waals surface area contributed by atoms with Crippen molar-refractivity contribution in [3.63, 3.8) is 0 Å². The highest BCUT2D eigenvalue weighted by Gasteiger charge is 2.22. The summed E-state index contributed by atoms with van der Waals surface area (Å²) in [5.41, 5.74) is -0.300. The Morgan fingerprint density at radius 1 is 1.33 bits per heavy atom. The third kappa shape index (κ3) is 2.81. The molecule has 1 saturated carbocycles. The van der Waals surface area contributed by atoms with Gasteiger partial charge in [0.2, 0.25) is 0 Å². The highest BCUT2D eigenvalue weighted by atomic mass is 32.2. The number of aromatic carboxylic acids is 1. The molecule has 0 aliphatic heterocycles. The van der Waals surface area contributed by atoms with Crippen LogP contribution in [0.3, 0.4) is 0 Å². The summed E-state index contributed by atoms with van der Waals surface area (Å²) >= 11 is 1.47. The fourth-order valence-electron chi connectivity index (χ4n) is 2.07. The Morgan fingerprint density at radius 2 is 2.00 bits per heavy atom. The largest absolute Gasteiger partial charge is 0.545 e. The summed E-state index contributed by atoms with van der Waals surface area (Å²) in [6, 6.07) is 3.94. The molecule has 0 amide bonds. The molecule has 1 aromatic rings. The number of nitrogens with zero attached hydrogens (tertiary/aromatic N) is 1. The number of carbonyl (C=O) groups is 1. The maximum atomic E-state index is 10.9. The van der Waals surface area contributed by atoms with Crippen LogP contribution in [0.4, 0.5) is 5.69 Å². The maximum absolute atomic E-state index is 10.9. The summed E-state index contributed by atoms with van der Waals surface area (Å²) in [4.78, 5) is 21.6. The Balaban J connectivity index is 2.28. The van der Waals surface area contributed by atoms with Gasteiger partial charge in [-0.15, -0.1) is 11.8 Å². The molecule has 0 spiro atoms. The van der Waals surface area contributed by atoms with Gasteiger partial charge >= 0.3 is 0 Å². The lowest BCUT2D eigenvalue weighted by Crippen LogP contribution is -2.22.